The van der Waals surface area contributed by atoms with Crippen LogP contribution in [0.3, 0.4) is 0 Å². The Kier molecular flexibility index (Phi) is 12.4. The van der Waals surface area contributed by atoms with Crippen LogP contribution in [0.1, 0.15) is 73.1 Å². The van der Waals surface area contributed by atoms with E-state index in [2.05, 4.69) is 114 Å². The molecular formula is C33H53NO3Si3. The molecule has 3 rings (SSSR count). The van der Waals surface area contributed by atoms with Gasteiger partial charge >= 0.3 is 0 Å². The van der Waals surface area contributed by atoms with E-state index in [0.29, 0.717) is 11.8 Å². The number of nitriles is 1. The van der Waals surface area contributed by atoms with Crippen LogP contribution in [-0.4, -0.2) is 46.7 Å². The topological polar surface area (TPSA) is 51.5 Å². The lowest BCUT2D eigenvalue weighted by molar-refractivity contribution is 0.0377. The quantitative estimate of drug-likeness (QED) is 0.219. The summed E-state index contributed by atoms with van der Waals surface area (Å²) in [4.78, 5) is 0. The van der Waals surface area contributed by atoms with Gasteiger partial charge in [0, 0.05) is 12.7 Å². The Balaban J connectivity index is 1.87. The second-order valence-corrected chi connectivity index (χ2v) is 19.2. The Labute approximate surface area is 250 Å². The molecule has 1 aliphatic carbocycles. The van der Waals surface area contributed by atoms with Gasteiger partial charge in [0.2, 0.25) is 0 Å². The number of hydrogen-bond acceptors (Lipinski definition) is 4. The van der Waals surface area contributed by atoms with Gasteiger partial charge in [-0.05, 0) is 64.8 Å². The first-order chi connectivity index (χ1) is 19.1. The second kappa shape index (κ2) is 15.1. The van der Waals surface area contributed by atoms with Gasteiger partial charge in [0.25, 0.3) is 8.32 Å². The van der Waals surface area contributed by atoms with Crippen molar-refractivity contribution in [3.63, 3.8) is 0 Å². The van der Waals surface area contributed by atoms with Crippen LogP contribution in [0.15, 0.2) is 60.7 Å². The molecule has 0 heterocycles. The molecule has 7 heteroatoms. The van der Waals surface area contributed by atoms with Crippen molar-refractivity contribution in [2.45, 2.75) is 103 Å². The molecule has 220 valence electrons. The fraction of sp³-hybridized carbons (Fsp3) is 0.606. The highest BCUT2D eigenvalue weighted by Crippen LogP contribution is 2.46. The lowest BCUT2D eigenvalue weighted by Crippen LogP contribution is -2.67. The lowest BCUT2D eigenvalue weighted by Gasteiger charge is -2.45. The molecule has 0 amide bonds. The Morgan fingerprint density at radius 1 is 0.875 bits per heavy atom. The average Bonchev–Trinajstić information content (AvgIpc) is 3.19. The minimum atomic E-state index is -2.57. The van der Waals surface area contributed by atoms with Crippen LogP contribution in [0.4, 0.5) is 0 Å². The van der Waals surface area contributed by atoms with E-state index in [1.165, 1.54) is 23.2 Å². The number of hydrogen-bond donors (Lipinski definition) is 0. The molecule has 0 saturated heterocycles. The van der Waals surface area contributed by atoms with E-state index in [0.717, 1.165) is 32.3 Å². The largest absolute Gasteiger partial charge is 0.424 e. The van der Waals surface area contributed by atoms with Gasteiger partial charge in [-0.2, -0.15) is 5.26 Å². The third-order valence-corrected chi connectivity index (χ3v) is 15.8. The van der Waals surface area contributed by atoms with Crippen molar-refractivity contribution in [2.75, 3.05) is 6.61 Å². The molecule has 0 N–H and O–H groups in total. The summed E-state index contributed by atoms with van der Waals surface area (Å²) in [5.41, 5.74) is 0.0730. The molecule has 2 aromatic carbocycles. The maximum absolute atomic E-state index is 9.75. The Bertz CT molecular complexity index is 1010. The van der Waals surface area contributed by atoms with Crippen LogP contribution in [-0.2, 0) is 13.3 Å². The van der Waals surface area contributed by atoms with Gasteiger partial charge < -0.3 is 13.3 Å². The minimum Gasteiger partial charge on any atom is -0.424 e. The smallest absolute Gasteiger partial charge is 0.261 e. The Hall–Kier alpha value is -1.54. The van der Waals surface area contributed by atoms with Gasteiger partial charge in [0.1, 0.15) is 6.10 Å². The molecule has 40 heavy (non-hydrogen) atoms. The highest BCUT2D eigenvalue weighted by molar-refractivity contribution is 6.99. The molecule has 0 bridgehead atoms. The summed E-state index contributed by atoms with van der Waals surface area (Å²) in [7, 11) is -3.69. The van der Waals surface area contributed by atoms with E-state index in [1.807, 2.05) is 0 Å². The van der Waals surface area contributed by atoms with Crippen LogP contribution < -0.4 is 10.4 Å². The van der Waals surface area contributed by atoms with Gasteiger partial charge in [0.15, 0.2) is 19.5 Å². The molecule has 0 aliphatic heterocycles. The standard InChI is InChI=1S/C33H53NO3Si3/c1-32(2,3)40(30-17-10-8-11-18-30,31-19-12-9-13-20-31)37-28-16-14-15-26(21-22-28)33(4,5)27(25-35-38-6)23-29(24-34)36-39-7/h8-13,17-20,26-29H,14-16,21-23,25,38-39H2,1-7H3/t26?,27-,28?,29?/m0/s1. The number of rotatable bonds is 13. The molecule has 1 saturated carbocycles. The van der Waals surface area contributed by atoms with Crippen LogP contribution in [0, 0.1) is 28.6 Å². The molecule has 4 atom stereocenters. The highest BCUT2D eigenvalue weighted by atomic mass is 28.4. The summed E-state index contributed by atoms with van der Waals surface area (Å²) < 4.78 is 19.6. The zero-order valence-corrected chi connectivity index (χ0v) is 29.9. The first-order valence-electron chi connectivity index (χ1n) is 15.5. The van der Waals surface area contributed by atoms with Gasteiger partial charge in [0.05, 0.1) is 6.07 Å². The van der Waals surface area contributed by atoms with Crippen molar-refractivity contribution in [1.82, 2.24) is 0 Å². The predicted molar refractivity (Wildman–Crippen MR) is 176 cm³/mol. The Morgan fingerprint density at radius 3 is 1.98 bits per heavy atom. The van der Waals surface area contributed by atoms with Crippen molar-refractivity contribution < 1.29 is 13.3 Å². The zero-order chi connectivity index (χ0) is 29.2. The predicted octanol–water partition coefficient (Wildman–Crippen LogP) is 5.73. The lowest BCUT2D eigenvalue weighted by atomic mass is 9.65. The van der Waals surface area contributed by atoms with E-state index in [4.69, 9.17) is 13.3 Å². The Morgan fingerprint density at radius 2 is 1.48 bits per heavy atom. The third kappa shape index (κ3) is 7.84. The van der Waals surface area contributed by atoms with Crippen molar-refractivity contribution in [2.24, 2.45) is 17.3 Å². The van der Waals surface area contributed by atoms with Gasteiger partial charge in [-0.15, -0.1) is 0 Å². The molecular weight excluding hydrogens is 543 g/mol. The van der Waals surface area contributed by atoms with Gasteiger partial charge in [-0.3, -0.25) is 0 Å². The number of nitrogens with zero attached hydrogens (tertiary/aromatic N) is 1. The SMILES string of the molecule is C[SiH2]OC[C@H](CC(C#N)O[SiH2]C)C(C)(C)C1CCCC(O[Si](c2ccccc2)(c2ccccc2)C(C)(C)C)CC1. The molecule has 1 fully saturated rings. The van der Waals surface area contributed by atoms with E-state index in [-0.39, 0.29) is 22.7 Å². The monoisotopic (exact) mass is 595 g/mol. The maximum Gasteiger partial charge on any atom is 0.261 e. The molecule has 0 spiro atoms. The molecule has 1 aliphatic rings. The van der Waals surface area contributed by atoms with E-state index in [9.17, 15) is 5.26 Å². The molecule has 0 aromatic heterocycles. The van der Waals surface area contributed by atoms with E-state index in [1.54, 1.807) is 0 Å². The first kappa shape index (κ1) is 33.0. The third-order valence-electron chi connectivity index (χ3n) is 9.31. The van der Waals surface area contributed by atoms with Crippen LogP contribution in [0.25, 0.3) is 0 Å². The van der Waals surface area contributed by atoms with E-state index >= 15 is 0 Å². The summed E-state index contributed by atoms with van der Waals surface area (Å²) in [5.74, 6) is 0.898. The summed E-state index contributed by atoms with van der Waals surface area (Å²) in [6.07, 6.45) is 6.42. The number of benzene rings is 2. The van der Waals surface area contributed by atoms with Crippen molar-refractivity contribution >= 4 is 38.2 Å². The fourth-order valence-corrected chi connectivity index (χ4v) is 12.8. The van der Waals surface area contributed by atoms with Crippen LogP contribution >= 0.6 is 0 Å². The molecule has 4 nitrogen and oxygen atoms in total. The molecule has 2 aromatic rings. The van der Waals surface area contributed by atoms with Crippen LogP contribution in [0.2, 0.25) is 18.1 Å². The molecule has 0 radical (unpaired) electrons. The summed E-state index contributed by atoms with van der Waals surface area (Å²) in [6, 6.07) is 24.5. The van der Waals surface area contributed by atoms with Crippen molar-refractivity contribution in [3.05, 3.63) is 60.7 Å². The maximum atomic E-state index is 9.75. The summed E-state index contributed by atoms with van der Waals surface area (Å²) in [5, 5.41) is 12.5. The summed E-state index contributed by atoms with van der Waals surface area (Å²) in [6.45, 7) is 17.0. The van der Waals surface area contributed by atoms with Crippen LogP contribution in [0.5, 0.6) is 0 Å². The highest BCUT2D eigenvalue weighted by Gasteiger charge is 2.51. The first-order valence-corrected chi connectivity index (χ1v) is 21.4. The van der Waals surface area contributed by atoms with Gasteiger partial charge in [-0.1, -0.05) is 115 Å². The summed E-state index contributed by atoms with van der Waals surface area (Å²) >= 11 is 0. The normalized spacial score (nSPS) is 20.9. The van der Waals surface area contributed by atoms with Crippen molar-refractivity contribution in [1.29, 1.82) is 5.26 Å². The second-order valence-electron chi connectivity index (χ2n) is 13.1. The van der Waals surface area contributed by atoms with E-state index < -0.39 is 27.8 Å². The van der Waals surface area contributed by atoms with Gasteiger partial charge in [-0.25, -0.2) is 0 Å². The minimum absolute atomic E-state index is 0.0118. The average molecular weight is 596 g/mol. The van der Waals surface area contributed by atoms with Crippen molar-refractivity contribution in [3.8, 4) is 6.07 Å². The molecule has 3 unspecified atom stereocenters. The fourth-order valence-electron chi connectivity index (χ4n) is 6.87. The zero-order valence-electron chi connectivity index (χ0n) is 26.1.